The summed E-state index contributed by atoms with van der Waals surface area (Å²) in [5, 5.41) is 3.14. The number of rotatable bonds is 6. The van der Waals surface area contributed by atoms with Gasteiger partial charge in [-0.1, -0.05) is 30.3 Å². The van der Waals surface area contributed by atoms with E-state index in [4.69, 9.17) is 4.74 Å². The van der Waals surface area contributed by atoms with Gasteiger partial charge in [0.1, 0.15) is 6.61 Å². The summed E-state index contributed by atoms with van der Waals surface area (Å²) >= 11 is 0. The normalized spacial score (nSPS) is 27.6. The quantitative estimate of drug-likeness (QED) is 0.825. The van der Waals surface area contributed by atoms with Crippen molar-refractivity contribution in [3.8, 4) is 0 Å². The van der Waals surface area contributed by atoms with Gasteiger partial charge in [0.2, 0.25) is 5.91 Å². The van der Waals surface area contributed by atoms with Crippen LogP contribution in [0.15, 0.2) is 30.3 Å². The van der Waals surface area contributed by atoms with Gasteiger partial charge in [0.05, 0.1) is 6.04 Å². The Morgan fingerprint density at radius 1 is 1.22 bits per heavy atom. The molecule has 1 aromatic carbocycles. The minimum Gasteiger partial charge on any atom is -0.356 e. The van der Waals surface area contributed by atoms with Gasteiger partial charge in [0.15, 0.2) is 6.10 Å². The Hall–Kier alpha value is -1.92. The molecule has 0 bridgehead atoms. The fraction of sp³-hybridized carbons (Fsp3) is 0.619. The summed E-state index contributed by atoms with van der Waals surface area (Å²) in [5.41, 5.74) is 1.16. The standard InChI is InChI=1S/C21H29N3O3/c1-23-17(25)13-27-19(18(23)16-7-3-2-4-8-16)20(26)22-14-21(9-10-21)15-24-11-5-6-12-24/h2-4,7-8,18-19H,5-6,9-15H2,1H3,(H,22,26). The molecule has 1 saturated carbocycles. The van der Waals surface area contributed by atoms with Gasteiger partial charge in [-0.3, -0.25) is 9.59 Å². The second-order valence-electron chi connectivity index (χ2n) is 8.29. The lowest BCUT2D eigenvalue weighted by molar-refractivity contribution is -0.162. The highest BCUT2D eigenvalue weighted by Gasteiger charge is 2.46. The summed E-state index contributed by atoms with van der Waals surface area (Å²) in [5.74, 6) is -0.212. The molecule has 2 amide bonds. The smallest absolute Gasteiger partial charge is 0.251 e. The Bertz CT molecular complexity index is 683. The molecule has 2 heterocycles. The van der Waals surface area contributed by atoms with E-state index < -0.39 is 6.10 Å². The topological polar surface area (TPSA) is 61.9 Å². The van der Waals surface area contributed by atoms with Crippen molar-refractivity contribution in [1.29, 1.82) is 0 Å². The summed E-state index contributed by atoms with van der Waals surface area (Å²) < 4.78 is 5.69. The molecule has 1 aromatic rings. The van der Waals surface area contributed by atoms with Crippen LogP contribution in [0.1, 0.15) is 37.3 Å². The Kier molecular flexibility index (Phi) is 5.19. The monoisotopic (exact) mass is 371 g/mol. The number of carbonyl (C=O) groups is 2. The largest absolute Gasteiger partial charge is 0.356 e. The van der Waals surface area contributed by atoms with Gasteiger partial charge in [-0.05, 0) is 44.3 Å². The van der Waals surface area contributed by atoms with Gasteiger partial charge in [0, 0.05) is 25.6 Å². The highest BCUT2D eigenvalue weighted by Crippen LogP contribution is 2.46. The average molecular weight is 371 g/mol. The lowest BCUT2D eigenvalue weighted by Gasteiger charge is -2.38. The van der Waals surface area contributed by atoms with Crippen molar-refractivity contribution < 1.29 is 14.3 Å². The first-order valence-corrected chi connectivity index (χ1v) is 10.0. The molecule has 146 valence electrons. The number of benzene rings is 1. The minimum absolute atomic E-state index is 0.0448. The van der Waals surface area contributed by atoms with E-state index in [0.29, 0.717) is 6.54 Å². The molecule has 2 unspecified atom stereocenters. The Balaban J connectivity index is 1.41. The van der Waals surface area contributed by atoms with Crippen LogP contribution in [-0.2, 0) is 14.3 Å². The van der Waals surface area contributed by atoms with Crippen molar-refractivity contribution in [3.63, 3.8) is 0 Å². The third-order valence-electron chi connectivity index (χ3n) is 6.24. The van der Waals surface area contributed by atoms with Crippen LogP contribution in [0.25, 0.3) is 0 Å². The maximum absolute atomic E-state index is 13.0. The molecule has 2 saturated heterocycles. The molecular formula is C21H29N3O3. The van der Waals surface area contributed by atoms with Gasteiger partial charge in [-0.2, -0.15) is 0 Å². The lowest BCUT2D eigenvalue weighted by atomic mass is 9.97. The summed E-state index contributed by atoms with van der Waals surface area (Å²) in [6, 6.07) is 9.28. The van der Waals surface area contributed by atoms with Crippen LogP contribution in [0.3, 0.4) is 0 Å². The van der Waals surface area contributed by atoms with Crippen molar-refractivity contribution in [3.05, 3.63) is 35.9 Å². The van der Waals surface area contributed by atoms with E-state index in [-0.39, 0.29) is 29.9 Å². The molecule has 6 nitrogen and oxygen atoms in total. The first kappa shape index (κ1) is 18.4. The lowest BCUT2D eigenvalue weighted by Crippen LogP contribution is -2.53. The van der Waals surface area contributed by atoms with E-state index in [9.17, 15) is 9.59 Å². The van der Waals surface area contributed by atoms with Crippen LogP contribution in [0.2, 0.25) is 0 Å². The number of nitrogens with zero attached hydrogens (tertiary/aromatic N) is 2. The maximum atomic E-state index is 13.0. The summed E-state index contributed by atoms with van der Waals surface area (Å²) in [6.07, 6.45) is 4.26. The average Bonchev–Trinajstić information content (AvgIpc) is 3.25. The predicted molar refractivity (Wildman–Crippen MR) is 102 cm³/mol. The summed E-state index contributed by atoms with van der Waals surface area (Å²) in [7, 11) is 1.75. The van der Waals surface area contributed by atoms with E-state index in [1.807, 2.05) is 30.3 Å². The van der Waals surface area contributed by atoms with Crippen LogP contribution < -0.4 is 5.32 Å². The molecule has 0 aromatic heterocycles. The fourth-order valence-corrected chi connectivity index (χ4v) is 4.34. The van der Waals surface area contributed by atoms with Crippen LogP contribution in [0, 0.1) is 5.41 Å². The zero-order chi connectivity index (χ0) is 18.9. The Morgan fingerprint density at radius 3 is 2.59 bits per heavy atom. The minimum atomic E-state index is -0.669. The molecular weight excluding hydrogens is 342 g/mol. The number of carbonyl (C=O) groups excluding carboxylic acids is 2. The van der Waals surface area contributed by atoms with Crippen molar-refractivity contribution in [2.75, 3.05) is 39.8 Å². The predicted octanol–water partition coefficient (Wildman–Crippen LogP) is 1.58. The second-order valence-corrected chi connectivity index (χ2v) is 8.29. The SMILES string of the molecule is CN1C(=O)COC(C(=O)NCC2(CN3CCCC3)CC2)C1c1ccccc1. The Morgan fingerprint density at radius 2 is 1.93 bits per heavy atom. The van der Waals surface area contributed by atoms with Crippen molar-refractivity contribution in [1.82, 2.24) is 15.1 Å². The van der Waals surface area contributed by atoms with Gasteiger partial charge in [-0.25, -0.2) is 0 Å². The zero-order valence-electron chi connectivity index (χ0n) is 16.0. The van der Waals surface area contributed by atoms with E-state index in [2.05, 4.69) is 10.2 Å². The third kappa shape index (κ3) is 4.01. The number of morpholine rings is 1. The molecule has 0 radical (unpaired) electrons. The third-order valence-corrected chi connectivity index (χ3v) is 6.24. The van der Waals surface area contributed by atoms with Crippen LogP contribution >= 0.6 is 0 Å². The van der Waals surface area contributed by atoms with Crippen molar-refractivity contribution in [2.24, 2.45) is 5.41 Å². The van der Waals surface area contributed by atoms with Gasteiger partial charge < -0.3 is 19.9 Å². The highest BCUT2D eigenvalue weighted by molar-refractivity contribution is 5.86. The van der Waals surface area contributed by atoms with Gasteiger partial charge in [-0.15, -0.1) is 0 Å². The fourth-order valence-electron chi connectivity index (χ4n) is 4.34. The van der Waals surface area contributed by atoms with E-state index in [1.165, 1.54) is 38.8 Å². The van der Waals surface area contributed by atoms with Crippen LogP contribution in [0.5, 0.6) is 0 Å². The zero-order valence-corrected chi connectivity index (χ0v) is 16.0. The summed E-state index contributed by atoms with van der Waals surface area (Å²) in [4.78, 5) is 29.3. The first-order valence-electron chi connectivity index (χ1n) is 10.0. The number of likely N-dealkylation sites (N-methyl/N-ethyl adjacent to an activating group) is 1. The molecule has 4 rings (SSSR count). The number of amides is 2. The van der Waals surface area contributed by atoms with E-state index in [1.54, 1.807) is 11.9 Å². The van der Waals surface area contributed by atoms with Gasteiger partial charge >= 0.3 is 0 Å². The molecule has 1 aliphatic carbocycles. The molecule has 6 heteroatoms. The number of nitrogens with one attached hydrogen (secondary N) is 1. The van der Waals surface area contributed by atoms with Crippen LogP contribution in [-0.4, -0.2) is 67.6 Å². The number of hydrogen-bond acceptors (Lipinski definition) is 4. The number of likely N-dealkylation sites (tertiary alicyclic amines) is 1. The maximum Gasteiger partial charge on any atom is 0.251 e. The van der Waals surface area contributed by atoms with Crippen LogP contribution in [0.4, 0.5) is 0 Å². The second kappa shape index (κ2) is 7.60. The molecule has 27 heavy (non-hydrogen) atoms. The molecule has 2 aliphatic heterocycles. The van der Waals surface area contributed by atoms with Crippen molar-refractivity contribution in [2.45, 2.75) is 37.8 Å². The molecule has 1 N–H and O–H groups in total. The molecule has 3 aliphatic rings. The highest BCUT2D eigenvalue weighted by atomic mass is 16.5. The van der Waals surface area contributed by atoms with E-state index >= 15 is 0 Å². The number of ether oxygens (including phenoxy) is 1. The van der Waals surface area contributed by atoms with Crippen molar-refractivity contribution >= 4 is 11.8 Å². The first-order chi connectivity index (χ1) is 13.1. The molecule has 2 atom stereocenters. The van der Waals surface area contributed by atoms with Gasteiger partial charge in [0.25, 0.3) is 5.91 Å². The molecule has 3 fully saturated rings. The van der Waals surface area contributed by atoms with E-state index in [0.717, 1.165) is 12.1 Å². The molecule has 0 spiro atoms. The summed E-state index contributed by atoms with van der Waals surface area (Å²) in [6.45, 7) is 4.10. The number of hydrogen-bond donors (Lipinski definition) is 1. The Labute approximate surface area is 160 Å².